The van der Waals surface area contributed by atoms with Gasteiger partial charge in [0.1, 0.15) is 5.75 Å². The summed E-state index contributed by atoms with van der Waals surface area (Å²) < 4.78 is 38.5. The number of amides is 1. The number of nitrogens with one attached hydrogen (secondary N) is 2. The Morgan fingerprint density at radius 1 is 1.03 bits per heavy atom. The molecule has 1 amide bonds. The van der Waals surface area contributed by atoms with Crippen LogP contribution in [0.15, 0.2) is 65.6 Å². The fourth-order valence-electron chi connectivity index (χ4n) is 3.16. The first-order chi connectivity index (χ1) is 15.7. The van der Waals surface area contributed by atoms with E-state index in [9.17, 15) is 18.3 Å². The lowest BCUT2D eigenvalue weighted by atomic mass is 10.1. The number of aromatic hydroxyl groups is 1. The topological polar surface area (TPSA) is 114 Å². The normalized spacial score (nSPS) is 11.0. The maximum absolute atomic E-state index is 12.7. The Morgan fingerprint density at radius 2 is 1.79 bits per heavy atom. The van der Waals surface area contributed by atoms with Gasteiger partial charge >= 0.3 is 0 Å². The zero-order valence-corrected chi connectivity index (χ0v) is 19.5. The van der Waals surface area contributed by atoms with Crippen LogP contribution in [0.5, 0.6) is 17.2 Å². The highest BCUT2D eigenvalue weighted by Gasteiger charge is 2.18. The number of para-hydroxylation sites is 1. The monoisotopic (exact) mass is 490 g/mol. The van der Waals surface area contributed by atoms with Crippen molar-refractivity contribution in [3.8, 4) is 17.2 Å². The Morgan fingerprint density at radius 3 is 2.48 bits per heavy atom. The van der Waals surface area contributed by atoms with Crippen molar-refractivity contribution in [2.24, 2.45) is 0 Å². The van der Waals surface area contributed by atoms with Crippen LogP contribution >= 0.6 is 11.6 Å². The Balaban J connectivity index is 1.73. The zero-order chi connectivity index (χ0) is 24.0. The first-order valence-electron chi connectivity index (χ1n) is 9.84. The smallest absolute Gasteiger partial charge is 0.261 e. The number of phenols is 1. The summed E-state index contributed by atoms with van der Waals surface area (Å²) in [6, 6.07) is 15.2. The molecule has 0 bridgehead atoms. The summed E-state index contributed by atoms with van der Waals surface area (Å²) in [7, 11) is -0.935. The van der Waals surface area contributed by atoms with Crippen molar-refractivity contribution < 1.29 is 27.8 Å². The van der Waals surface area contributed by atoms with Gasteiger partial charge in [0.15, 0.2) is 11.5 Å². The molecule has 3 rings (SSSR count). The molecular weight excluding hydrogens is 468 g/mol. The first kappa shape index (κ1) is 24.2. The zero-order valence-electron chi connectivity index (χ0n) is 18.0. The van der Waals surface area contributed by atoms with Gasteiger partial charge in [-0.05, 0) is 54.4 Å². The second kappa shape index (κ2) is 10.5. The number of anilines is 2. The second-order valence-electron chi connectivity index (χ2n) is 7.00. The summed E-state index contributed by atoms with van der Waals surface area (Å²) in [5, 5.41) is 13.1. The fourth-order valence-corrected chi connectivity index (χ4v) is 4.43. The van der Waals surface area contributed by atoms with Crippen molar-refractivity contribution >= 4 is 38.9 Å². The summed E-state index contributed by atoms with van der Waals surface area (Å²) >= 11 is 5.90. The highest BCUT2D eigenvalue weighted by molar-refractivity contribution is 7.92. The van der Waals surface area contributed by atoms with Gasteiger partial charge in [-0.1, -0.05) is 29.8 Å². The van der Waals surface area contributed by atoms with E-state index in [1.54, 1.807) is 30.3 Å². The van der Waals surface area contributed by atoms with Crippen LogP contribution in [0.2, 0.25) is 5.02 Å². The van der Waals surface area contributed by atoms with Crippen LogP contribution < -0.4 is 19.5 Å². The highest BCUT2D eigenvalue weighted by Crippen LogP contribution is 2.32. The Labute approximate surface area is 197 Å². The molecule has 0 atom stereocenters. The molecule has 0 fully saturated rings. The van der Waals surface area contributed by atoms with Crippen molar-refractivity contribution in [2.45, 2.75) is 17.7 Å². The van der Waals surface area contributed by atoms with E-state index in [0.29, 0.717) is 22.9 Å². The Bertz CT molecular complexity index is 1260. The third-order valence-corrected chi connectivity index (χ3v) is 6.35. The van der Waals surface area contributed by atoms with Gasteiger partial charge in [-0.15, -0.1) is 0 Å². The molecule has 33 heavy (non-hydrogen) atoms. The van der Waals surface area contributed by atoms with Gasteiger partial charge < -0.3 is 19.9 Å². The van der Waals surface area contributed by atoms with Crippen LogP contribution in [-0.2, 0) is 21.2 Å². The molecule has 0 saturated carbocycles. The largest absolute Gasteiger partial charge is 0.506 e. The third-order valence-electron chi connectivity index (χ3n) is 4.74. The summed E-state index contributed by atoms with van der Waals surface area (Å²) in [4.78, 5) is 12.4. The van der Waals surface area contributed by atoms with Crippen molar-refractivity contribution in [1.82, 2.24) is 0 Å². The van der Waals surface area contributed by atoms with E-state index >= 15 is 0 Å². The predicted octanol–water partition coefficient (Wildman–Crippen LogP) is 4.43. The van der Waals surface area contributed by atoms with Crippen molar-refractivity contribution in [2.75, 3.05) is 24.3 Å². The summed E-state index contributed by atoms with van der Waals surface area (Å²) in [5.41, 5.74) is 1.04. The lowest BCUT2D eigenvalue weighted by Crippen LogP contribution is -2.15. The summed E-state index contributed by atoms with van der Waals surface area (Å²) in [6.45, 7) is 0. The van der Waals surface area contributed by atoms with Crippen LogP contribution in [-0.4, -0.2) is 33.7 Å². The average molecular weight is 491 g/mol. The van der Waals surface area contributed by atoms with Gasteiger partial charge in [-0.25, -0.2) is 8.42 Å². The third kappa shape index (κ3) is 6.09. The molecule has 10 heteroatoms. The molecular formula is C23H23ClN2O6S. The number of sulfonamides is 1. The molecule has 0 aliphatic rings. The van der Waals surface area contributed by atoms with Crippen LogP contribution in [0.4, 0.5) is 11.4 Å². The summed E-state index contributed by atoms with van der Waals surface area (Å²) in [5.74, 6) is 0.422. The number of benzene rings is 3. The predicted molar refractivity (Wildman–Crippen MR) is 127 cm³/mol. The molecule has 0 aromatic heterocycles. The number of hydrogen-bond donors (Lipinski definition) is 3. The SMILES string of the molecule is COc1cccc(CCC(=O)Nc2cc(S(=O)(=O)Nc3cccc(Cl)c3)ccc2O)c1OC. The van der Waals surface area contributed by atoms with Crippen molar-refractivity contribution in [1.29, 1.82) is 0 Å². The van der Waals surface area contributed by atoms with Gasteiger partial charge in [-0.3, -0.25) is 9.52 Å². The highest BCUT2D eigenvalue weighted by atomic mass is 35.5. The van der Waals surface area contributed by atoms with Crippen LogP contribution in [0.25, 0.3) is 0 Å². The Kier molecular flexibility index (Phi) is 7.67. The van der Waals surface area contributed by atoms with Crippen molar-refractivity contribution in [3.05, 3.63) is 71.2 Å². The molecule has 0 aliphatic carbocycles. The minimum absolute atomic E-state index is 0.0217. The maximum Gasteiger partial charge on any atom is 0.261 e. The number of methoxy groups -OCH3 is 2. The lowest BCUT2D eigenvalue weighted by molar-refractivity contribution is -0.116. The average Bonchev–Trinajstić information content (AvgIpc) is 2.78. The molecule has 174 valence electrons. The fraction of sp³-hybridized carbons (Fsp3) is 0.174. The standard InChI is InChI=1S/C23H23ClN2O6S/c1-31-21-8-3-5-15(23(21)32-2)9-12-22(28)25-19-14-18(10-11-20(19)27)33(29,30)26-17-7-4-6-16(24)13-17/h3-8,10-11,13-14,26-27H,9,12H2,1-2H3,(H,25,28). The number of ether oxygens (including phenoxy) is 2. The van der Waals surface area contributed by atoms with E-state index in [-0.39, 0.29) is 28.4 Å². The van der Waals surface area contributed by atoms with Gasteiger partial charge in [-0.2, -0.15) is 0 Å². The van der Waals surface area contributed by atoms with E-state index < -0.39 is 15.9 Å². The number of phenolic OH excluding ortho intramolecular Hbond substituents is 1. The number of carbonyl (C=O) groups is 1. The van der Waals surface area contributed by atoms with E-state index in [0.717, 1.165) is 5.56 Å². The van der Waals surface area contributed by atoms with Gasteiger partial charge in [0.05, 0.1) is 30.5 Å². The minimum Gasteiger partial charge on any atom is -0.506 e. The first-order valence-corrected chi connectivity index (χ1v) is 11.7. The second-order valence-corrected chi connectivity index (χ2v) is 9.11. The van der Waals surface area contributed by atoms with Crippen LogP contribution in [0.3, 0.4) is 0 Å². The van der Waals surface area contributed by atoms with Crippen molar-refractivity contribution in [3.63, 3.8) is 0 Å². The molecule has 3 N–H and O–H groups in total. The van der Waals surface area contributed by atoms with E-state index in [1.165, 1.54) is 38.5 Å². The van der Waals surface area contributed by atoms with Crippen LogP contribution in [0.1, 0.15) is 12.0 Å². The number of hydrogen-bond acceptors (Lipinski definition) is 6. The molecule has 0 aliphatic heterocycles. The van der Waals surface area contributed by atoms with E-state index in [2.05, 4.69) is 10.0 Å². The number of aryl methyl sites for hydroxylation is 1. The molecule has 0 spiro atoms. The molecule has 0 saturated heterocycles. The molecule has 8 nitrogen and oxygen atoms in total. The van der Waals surface area contributed by atoms with Crippen LogP contribution in [0, 0.1) is 0 Å². The minimum atomic E-state index is -3.98. The molecule has 3 aromatic rings. The number of halogens is 1. The number of carbonyl (C=O) groups excluding carboxylic acids is 1. The molecule has 0 heterocycles. The molecule has 3 aromatic carbocycles. The van der Waals surface area contributed by atoms with E-state index in [1.807, 2.05) is 6.07 Å². The van der Waals surface area contributed by atoms with E-state index in [4.69, 9.17) is 21.1 Å². The maximum atomic E-state index is 12.7. The molecule has 0 radical (unpaired) electrons. The van der Waals surface area contributed by atoms with Gasteiger partial charge in [0.2, 0.25) is 5.91 Å². The van der Waals surface area contributed by atoms with Gasteiger partial charge in [0, 0.05) is 11.4 Å². The quantitative estimate of drug-likeness (QED) is 0.382. The Hall–Kier alpha value is -3.43. The van der Waals surface area contributed by atoms with Gasteiger partial charge in [0.25, 0.3) is 10.0 Å². The number of rotatable bonds is 9. The molecule has 0 unspecified atom stereocenters. The summed E-state index contributed by atoms with van der Waals surface area (Å²) in [6.07, 6.45) is 0.419. The lowest BCUT2D eigenvalue weighted by Gasteiger charge is -2.13.